The topological polar surface area (TPSA) is 59.1 Å². The molecule has 0 bridgehead atoms. The van der Waals surface area contributed by atoms with Crippen LogP contribution in [0.4, 0.5) is 5.69 Å². The molecule has 1 N–H and O–H groups in total. The summed E-state index contributed by atoms with van der Waals surface area (Å²) in [5, 5.41) is 5.04. The molecule has 0 spiro atoms. The van der Waals surface area contributed by atoms with E-state index >= 15 is 0 Å². The SMILES string of the molecule is CC(=O)c1ccccc1NC(=O)c1nc(C(C)C)cs1. The molecule has 0 saturated heterocycles. The van der Waals surface area contributed by atoms with E-state index in [0.29, 0.717) is 16.3 Å². The van der Waals surface area contributed by atoms with Gasteiger partial charge in [0.05, 0.1) is 11.4 Å². The molecule has 2 rings (SSSR count). The molecule has 104 valence electrons. The van der Waals surface area contributed by atoms with E-state index in [9.17, 15) is 9.59 Å². The summed E-state index contributed by atoms with van der Waals surface area (Å²) in [5.41, 5.74) is 1.92. The van der Waals surface area contributed by atoms with Gasteiger partial charge in [0, 0.05) is 10.9 Å². The molecule has 1 aromatic carbocycles. The minimum Gasteiger partial charge on any atom is -0.319 e. The summed E-state index contributed by atoms with van der Waals surface area (Å²) in [5.74, 6) is -0.0733. The summed E-state index contributed by atoms with van der Waals surface area (Å²) in [6.07, 6.45) is 0. The number of amides is 1. The van der Waals surface area contributed by atoms with E-state index in [4.69, 9.17) is 0 Å². The van der Waals surface area contributed by atoms with Gasteiger partial charge < -0.3 is 5.32 Å². The monoisotopic (exact) mass is 288 g/mol. The highest BCUT2D eigenvalue weighted by Gasteiger charge is 2.15. The number of Topliss-reactive ketones (excluding diaryl/α,β-unsaturated/α-hetero) is 1. The number of thiazole rings is 1. The number of carbonyl (C=O) groups excluding carboxylic acids is 2. The first-order valence-electron chi connectivity index (χ1n) is 6.35. The Labute approximate surface area is 121 Å². The first kappa shape index (κ1) is 14.4. The quantitative estimate of drug-likeness (QED) is 0.872. The van der Waals surface area contributed by atoms with Crippen LogP contribution in [0.3, 0.4) is 0 Å². The molecule has 2 aromatic rings. The summed E-state index contributed by atoms with van der Waals surface area (Å²) >= 11 is 1.31. The van der Waals surface area contributed by atoms with Crippen molar-refractivity contribution in [1.82, 2.24) is 4.98 Å². The van der Waals surface area contributed by atoms with Crippen molar-refractivity contribution in [2.45, 2.75) is 26.7 Å². The van der Waals surface area contributed by atoms with Gasteiger partial charge in [0.2, 0.25) is 0 Å². The molecule has 0 radical (unpaired) electrons. The van der Waals surface area contributed by atoms with Crippen molar-refractivity contribution in [2.24, 2.45) is 0 Å². The zero-order valence-corrected chi connectivity index (χ0v) is 12.5. The number of para-hydroxylation sites is 1. The second kappa shape index (κ2) is 5.96. The van der Waals surface area contributed by atoms with Gasteiger partial charge in [-0.1, -0.05) is 26.0 Å². The Morgan fingerprint density at radius 3 is 2.55 bits per heavy atom. The number of benzene rings is 1. The summed E-state index contributed by atoms with van der Waals surface area (Å²) in [6, 6.07) is 6.96. The molecular weight excluding hydrogens is 272 g/mol. The lowest BCUT2D eigenvalue weighted by atomic mass is 10.1. The lowest BCUT2D eigenvalue weighted by Crippen LogP contribution is -2.14. The van der Waals surface area contributed by atoms with E-state index in [2.05, 4.69) is 10.3 Å². The Hall–Kier alpha value is -2.01. The van der Waals surface area contributed by atoms with Crippen LogP contribution >= 0.6 is 11.3 Å². The Balaban J connectivity index is 2.21. The van der Waals surface area contributed by atoms with Crippen LogP contribution in [0.5, 0.6) is 0 Å². The Kier molecular flexibility index (Phi) is 4.29. The van der Waals surface area contributed by atoms with E-state index < -0.39 is 0 Å². The van der Waals surface area contributed by atoms with E-state index in [-0.39, 0.29) is 17.6 Å². The van der Waals surface area contributed by atoms with Crippen LogP contribution in [-0.2, 0) is 0 Å². The maximum absolute atomic E-state index is 12.2. The molecule has 0 aliphatic rings. The Bertz CT molecular complexity index is 647. The van der Waals surface area contributed by atoms with Gasteiger partial charge in [-0.25, -0.2) is 4.98 Å². The maximum atomic E-state index is 12.2. The van der Waals surface area contributed by atoms with Crippen molar-refractivity contribution in [3.63, 3.8) is 0 Å². The molecule has 1 amide bonds. The number of hydrogen-bond donors (Lipinski definition) is 1. The van der Waals surface area contributed by atoms with Gasteiger partial charge in [-0.15, -0.1) is 11.3 Å². The number of rotatable bonds is 4. The Morgan fingerprint density at radius 2 is 1.95 bits per heavy atom. The van der Waals surface area contributed by atoms with Gasteiger partial charge in [0.1, 0.15) is 0 Å². The highest BCUT2D eigenvalue weighted by atomic mass is 32.1. The highest BCUT2D eigenvalue weighted by Crippen LogP contribution is 2.20. The van der Waals surface area contributed by atoms with Crippen molar-refractivity contribution in [1.29, 1.82) is 0 Å². The lowest BCUT2D eigenvalue weighted by Gasteiger charge is -2.07. The largest absolute Gasteiger partial charge is 0.319 e. The first-order valence-corrected chi connectivity index (χ1v) is 7.23. The molecule has 20 heavy (non-hydrogen) atoms. The van der Waals surface area contributed by atoms with Crippen molar-refractivity contribution >= 4 is 28.7 Å². The summed E-state index contributed by atoms with van der Waals surface area (Å²) in [6.45, 7) is 5.54. The number of aromatic nitrogens is 1. The summed E-state index contributed by atoms with van der Waals surface area (Å²) < 4.78 is 0. The summed E-state index contributed by atoms with van der Waals surface area (Å²) in [4.78, 5) is 28.0. The van der Waals surface area contributed by atoms with Gasteiger partial charge in [-0.05, 0) is 25.0 Å². The average molecular weight is 288 g/mol. The predicted octanol–water partition coefficient (Wildman–Crippen LogP) is 3.72. The van der Waals surface area contributed by atoms with Gasteiger partial charge in [-0.3, -0.25) is 9.59 Å². The van der Waals surface area contributed by atoms with Crippen LogP contribution in [-0.4, -0.2) is 16.7 Å². The minimum atomic E-state index is -0.282. The molecule has 4 nitrogen and oxygen atoms in total. The molecule has 0 saturated carbocycles. The second-order valence-corrected chi connectivity index (χ2v) is 5.65. The first-order chi connectivity index (χ1) is 9.49. The number of hydrogen-bond acceptors (Lipinski definition) is 4. The zero-order chi connectivity index (χ0) is 14.7. The number of nitrogens with zero attached hydrogens (tertiary/aromatic N) is 1. The van der Waals surface area contributed by atoms with Crippen LogP contribution in [0, 0.1) is 0 Å². The zero-order valence-electron chi connectivity index (χ0n) is 11.6. The van der Waals surface area contributed by atoms with E-state index in [1.54, 1.807) is 24.3 Å². The molecule has 0 fully saturated rings. The fourth-order valence-corrected chi connectivity index (χ4v) is 2.60. The normalized spacial score (nSPS) is 10.6. The van der Waals surface area contributed by atoms with Gasteiger partial charge in [0.25, 0.3) is 5.91 Å². The number of anilines is 1. The van der Waals surface area contributed by atoms with E-state index in [0.717, 1.165) is 5.69 Å². The molecule has 1 aromatic heterocycles. The molecular formula is C15H16N2O2S. The van der Waals surface area contributed by atoms with Crippen molar-refractivity contribution in [2.75, 3.05) is 5.32 Å². The molecule has 1 heterocycles. The smallest absolute Gasteiger partial charge is 0.284 e. The average Bonchev–Trinajstić information content (AvgIpc) is 2.89. The van der Waals surface area contributed by atoms with Crippen molar-refractivity contribution < 1.29 is 9.59 Å². The lowest BCUT2D eigenvalue weighted by molar-refractivity contribution is 0.101. The standard InChI is InChI=1S/C15H16N2O2S/c1-9(2)13-8-20-15(17-13)14(19)16-12-7-5-4-6-11(12)10(3)18/h4-9H,1-3H3,(H,16,19). The molecule has 5 heteroatoms. The Morgan fingerprint density at radius 1 is 1.25 bits per heavy atom. The maximum Gasteiger partial charge on any atom is 0.284 e. The summed E-state index contributed by atoms with van der Waals surface area (Å²) in [7, 11) is 0. The van der Waals surface area contributed by atoms with Gasteiger partial charge in [0.15, 0.2) is 10.8 Å². The van der Waals surface area contributed by atoms with Gasteiger partial charge >= 0.3 is 0 Å². The van der Waals surface area contributed by atoms with Crippen LogP contribution < -0.4 is 5.32 Å². The van der Waals surface area contributed by atoms with Crippen LogP contribution in [0.2, 0.25) is 0 Å². The van der Waals surface area contributed by atoms with Crippen molar-refractivity contribution in [3.05, 3.63) is 45.9 Å². The van der Waals surface area contributed by atoms with E-state index in [1.807, 2.05) is 19.2 Å². The third kappa shape index (κ3) is 3.11. The van der Waals surface area contributed by atoms with Crippen LogP contribution in [0.1, 0.15) is 52.5 Å². The minimum absolute atomic E-state index is 0.0806. The third-order valence-corrected chi connectivity index (χ3v) is 3.72. The third-order valence-electron chi connectivity index (χ3n) is 2.86. The van der Waals surface area contributed by atoms with E-state index in [1.165, 1.54) is 18.3 Å². The number of ketones is 1. The second-order valence-electron chi connectivity index (χ2n) is 4.79. The van der Waals surface area contributed by atoms with Crippen LogP contribution in [0.15, 0.2) is 29.6 Å². The fraction of sp³-hybridized carbons (Fsp3) is 0.267. The predicted molar refractivity (Wildman–Crippen MR) is 80.6 cm³/mol. The van der Waals surface area contributed by atoms with Crippen LogP contribution in [0.25, 0.3) is 0 Å². The number of nitrogens with one attached hydrogen (secondary N) is 1. The van der Waals surface area contributed by atoms with Crippen molar-refractivity contribution in [3.8, 4) is 0 Å². The van der Waals surface area contributed by atoms with Gasteiger partial charge in [-0.2, -0.15) is 0 Å². The highest BCUT2D eigenvalue weighted by molar-refractivity contribution is 7.11. The molecule has 0 aliphatic carbocycles. The molecule has 0 unspecified atom stereocenters. The fourth-order valence-electron chi connectivity index (χ4n) is 1.73. The molecule has 0 atom stereocenters. The molecule has 0 aliphatic heterocycles. The number of carbonyl (C=O) groups is 2.